The molecular weight excluding hydrogens is 269 g/mol. The van der Waals surface area contributed by atoms with Crippen molar-refractivity contribution in [1.29, 1.82) is 0 Å². The van der Waals surface area contributed by atoms with Crippen LogP contribution in [0.15, 0.2) is 24.3 Å². The highest BCUT2D eigenvalue weighted by Crippen LogP contribution is 2.35. The minimum Gasteiger partial charge on any atom is -0.435 e. The Bertz CT molecular complexity index is 413. The van der Waals surface area contributed by atoms with Gasteiger partial charge in [-0.05, 0) is 17.7 Å². The summed E-state index contributed by atoms with van der Waals surface area (Å²) in [6.07, 6.45) is -4.54. The molecule has 0 aliphatic rings. The fourth-order valence-corrected chi connectivity index (χ4v) is 1.65. The highest BCUT2D eigenvalue weighted by Gasteiger charge is 2.47. The van der Waals surface area contributed by atoms with E-state index in [1.807, 2.05) is 0 Å². The predicted octanol–water partition coefficient (Wildman–Crippen LogP) is 3.46. The molecule has 1 unspecified atom stereocenters. The van der Waals surface area contributed by atoms with Gasteiger partial charge < -0.3 is 10.5 Å². The highest BCUT2D eigenvalue weighted by molar-refractivity contribution is 5.33. The third-order valence-corrected chi connectivity index (χ3v) is 2.95. The van der Waals surface area contributed by atoms with Crippen LogP contribution in [0, 0.1) is 0 Å². The summed E-state index contributed by atoms with van der Waals surface area (Å²) in [6.45, 7) is -0.293. The maximum atomic E-state index is 12.6. The molecule has 0 radical (unpaired) electrons. The van der Waals surface area contributed by atoms with E-state index in [2.05, 4.69) is 4.74 Å². The van der Waals surface area contributed by atoms with Crippen molar-refractivity contribution in [1.82, 2.24) is 0 Å². The van der Waals surface area contributed by atoms with Crippen molar-refractivity contribution in [2.75, 3.05) is 0 Å². The van der Waals surface area contributed by atoms with Crippen molar-refractivity contribution in [3.63, 3.8) is 0 Å². The van der Waals surface area contributed by atoms with Crippen molar-refractivity contribution < 1.29 is 26.7 Å². The van der Waals surface area contributed by atoms with E-state index in [1.165, 1.54) is 38.1 Å². The molecule has 0 bridgehead atoms. The molecular formula is C12H14F5NO. The Morgan fingerprint density at radius 2 is 1.53 bits per heavy atom. The van der Waals surface area contributed by atoms with Crippen molar-refractivity contribution in [3.05, 3.63) is 29.8 Å². The van der Waals surface area contributed by atoms with E-state index >= 15 is 0 Å². The third-order valence-electron chi connectivity index (χ3n) is 2.95. The molecule has 2 nitrogen and oxygen atoms in total. The van der Waals surface area contributed by atoms with E-state index in [9.17, 15) is 22.0 Å². The van der Waals surface area contributed by atoms with Crippen molar-refractivity contribution in [3.8, 4) is 5.75 Å². The Hall–Kier alpha value is -1.37. The first kappa shape index (κ1) is 15.7. The molecule has 108 valence electrons. The van der Waals surface area contributed by atoms with E-state index < -0.39 is 24.2 Å². The van der Waals surface area contributed by atoms with Crippen molar-refractivity contribution >= 4 is 0 Å². The first-order chi connectivity index (χ1) is 8.55. The van der Waals surface area contributed by atoms with Crippen LogP contribution in [0.5, 0.6) is 5.75 Å². The summed E-state index contributed by atoms with van der Waals surface area (Å²) in [4.78, 5) is 0. The second-order valence-electron chi connectivity index (χ2n) is 4.64. The monoisotopic (exact) mass is 283 g/mol. The number of ether oxygens (including phenoxy) is 1. The van der Waals surface area contributed by atoms with Crippen molar-refractivity contribution in [2.24, 2.45) is 5.73 Å². The Labute approximate surface area is 107 Å². The van der Waals surface area contributed by atoms with Gasteiger partial charge in [-0.3, -0.25) is 0 Å². The molecule has 0 amide bonds. The average Bonchev–Trinajstić information content (AvgIpc) is 2.26. The maximum Gasteiger partial charge on any atom is 0.404 e. The van der Waals surface area contributed by atoms with Gasteiger partial charge in [0.15, 0.2) is 0 Å². The first-order valence-electron chi connectivity index (χ1n) is 5.43. The van der Waals surface area contributed by atoms with Gasteiger partial charge in [-0.1, -0.05) is 26.0 Å². The fraction of sp³-hybridized carbons (Fsp3) is 0.500. The molecule has 1 aromatic rings. The Morgan fingerprint density at radius 1 is 1.05 bits per heavy atom. The molecule has 0 fully saturated rings. The van der Waals surface area contributed by atoms with Crippen LogP contribution < -0.4 is 10.5 Å². The molecule has 0 aromatic heterocycles. The zero-order valence-electron chi connectivity index (χ0n) is 10.3. The van der Waals surface area contributed by atoms with Crippen LogP contribution in [0.1, 0.15) is 19.4 Å². The van der Waals surface area contributed by atoms with Crippen LogP contribution in [0.25, 0.3) is 0 Å². The second kappa shape index (κ2) is 5.32. The fourth-order valence-electron chi connectivity index (χ4n) is 1.65. The maximum absolute atomic E-state index is 12.6. The van der Waals surface area contributed by atoms with Gasteiger partial charge in [0.05, 0.1) is 0 Å². The molecule has 1 aromatic carbocycles. The molecule has 7 heteroatoms. The summed E-state index contributed by atoms with van der Waals surface area (Å²) in [5.74, 6) is -0.116. The molecule has 1 rings (SSSR count). The molecule has 0 aliphatic heterocycles. The summed E-state index contributed by atoms with van der Waals surface area (Å²) >= 11 is 0. The lowest BCUT2D eigenvalue weighted by Crippen LogP contribution is -2.51. The topological polar surface area (TPSA) is 35.2 Å². The van der Waals surface area contributed by atoms with E-state index in [1.54, 1.807) is 0 Å². The van der Waals surface area contributed by atoms with Gasteiger partial charge in [-0.25, -0.2) is 0 Å². The molecule has 0 spiro atoms. The quantitative estimate of drug-likeness (QED) is 0.859. The van der Waals surface area contributed by atoms with Gasteiger partial charge in [0.25, 0.3) is 0 Å². The minimum absolute atomic E-state index is 0.116. The Kier molecular flexibility index (Phi) is 4.39. The van der Waals surface area contributed by atoms with E-state index in [-0.39, 0.29) is 5.75 Å². The van der Waals surface area contributed by atoms with Crippen LogP contribution in [0.2, 0.25) is 0 Å². The molecule has 0 heterocycles. The number of alkyl halides is 5. The smallest absolute Gasteiger partial charge is 0.404 e. The molecule has 1 atom stereocenters. The Balaban J connectivity index is 2.96. The summed E-state index contributed by atoms with van der Waals surface area (Å²) in [6, 6.07) is 2.91. The molecule has 0 saturated heterocycles. The normalized spacial score (nSPS) is 14.6. The van der Waals surface area contributed by atoms with E-state index in [0.29, 0.717) is 5.56 Å². The summed E-state index contributed by atoms with van der Waals surface area (Å²) in [7, 11) is 0. The van der Waals surface area contributed by atoms with Gasteiger partial charge in [-0.15, -0.1) is 0 Å². The van der Waals surface area contributed by atoms with Gasteiger partial charge >= 0.3 is 12.8 Å². The SMILES string of the molecule is CC(C)(c1ccc(OC(F)F)cc1)C(N)C(F)(F)F. The molecule has 2 N–H and O–H groups in total. The number of hydrogen-bond donors (Lipinski definition) is 1. The predicted molar refractivity (Wildman–Crippen MR) is 60.1 cm³/mol. The van der Waals surface area contributed by atoms with E-state index in [0.717, 1.165) is 0 Å². The standard InChI is InChI=1S/C12H14F5NO/c1-11(2,9(18)12(15,16)17)7-3-5-8(6-4-7)19-10(13)14/h3-6,9-10H,18H2,1-2H3. The lowest BCUT2D eigenvalue weighted by Gasteiger charge is -2.33. The van der Waals surface area contributed by atoms with Crippen LogP contribution in [-0.4, -0.2) is 18.8 Å². The van der Waals surface area contributed by atoms with Crippen LogP contribution in [0.4, 0.5) is 22.0 Å². The largest absolute Gasteiger partial charge is 0.435 e. The van der Waals surface area contributed by atoms with Gasteiger partial charge in [0, 0.05) is 5.41 Å². The van der Waals surface area contributed by atoms with Gasteiger partial charge in [0.1, 0.15) is 11.8 Å². The lowest BCUT2D eigenvalue weighted by molar-refractivity contribution is -0.160. The highest BCUT2D eigenvalue weighted by atomic mass is 19.4. The zero-order valence-corrected chi connectivity index (χ0v) is 10.3. The van der Waals surface area contributed by atoms with Crippen molar-refractivity contribution in [2.45, 2.75) is 38.1 Å². The average molecular weight is 283 g/mol. The van der Waals surface area contributed by atoms with Gasteiger partial charge in [-0.2, -0.15) is 22.0 Å². The Morgan fingerprint density at radius 3 is 1.89 bits per heavy atom. The zero-order chi connectivity index (χ0) is 14.8. The number of benzene rings is 1. The number of hydrogen-bond acceptors (Lipinski definition) is 2. The summed E-state index contributed by atoms with van der Waals surface area (Å²) < 4.78 is 65.9. The number of halogens is 5. The van der Waals surface area contributed by atoms with Crippen LogP contribution >= 0.6 is 0 Å². The minimum atomic E-state index is -4.54. The second-order valence-corrected chi connectivity index (χ2v) is 4.64. The number of nitrogens with two attached hydrogens (primary N) is 1. The molecule has 0 aliphatic carbocycles. The molecule has 19 heavy (non-hydrogen) atoms. The van der Waals surface area contributed by atoms with E-state index in [4.69, 9.17) is 5.73 Å². The first-order valence-corrected chi connectivity index (χ1v) is 5.43. The summed E-state index contributed by atoms with van der Waals surface area (Å²) in [5, 5.41) is 0. The molecule has 0 saturated carbocycles. The number of rotatable bonds is 4. The van der Waals surface area contributed by atoms with Gasteiger partial charge in [0.2, 0.25) is 0 Å². The van der Waals surface area contributed by atoms with Crippen LogP contribution in [-0.2, 0) is 5.41 Å². The summed E-state index contributed by atoms with van der Waals surface area (Å²) in [5.41, 5.74) is 4.12. The third kappa shape index (κ3) is 3.79. The van der Waals surface area contributed by atoms with Crippen LogP contribution in [0.3, 0.4) is 0 Å². The lowest BCUT2D eigenvalue weighted by atomic mass is 9.78.